The van der Waals surface area contributed by atoms with Crippen LogP contribution in [0.5, 0.6) is 5.75 Å². The molecule has 1 aliphatic carbocycles. The lowest BCUT2D eigenvalue weighted by Gasteiger charge is -2.32. The number of hydrogen-bond acceptors (Lipinski definition) is 5. The first-order chi connectivity index (χ1) is 11.4. The van der Waals surface area contributed by atoms with Crippen molar-refractivity contribution in [3.05, 3.63) is 28.8 Å². The van der Waals surface area contributed by atoms with Crippen molar-refractivity contribution in [1.82, 2.24) is 5.32 Å². The van der Waals surface area contributed by atoms with Gasteiger partial charge in [-0.3, -0.25) is 4.79 Å². The van der Waals surface area contributed by atoms with Crippen molar-refractivity contribution in [2.75, 3.05) is 0 Å². The molecule has 1 aliphatic rings. The van der Waals surface area contributed by atoms with Crippen LogP contribution in [0, 0.1) is 11.3 Å². The number of hydrogen-bond donors (Lipinski definition) is 2. The van der Waals surface area contributed by atoms with E-state index in [1.165, 1.54) is 25.1 Å². The van der Waals surface area contributed by atoms with Gasteiger partial charge >= 0.3 is 5.97 Å². The molecular formula is C17H19ClN2O4. The molecule has 6 nitrogen and oxygen atoms in total. The number of phenols is 1. The van der Waals surface area contributed by atoms with Gasteiger partial charge in [0.05, 0.1) is 6.07 Å². The summed E-state index contributed by atoms with van der Waals surface area (Å²) in [6, 6.07) is 6.15. The van der Waals surface area contributed by atoms with E-state index in [2.05, 4.69) is 11.4 Å². The molecule has 0 heterocycles. The molecule has 128 valence electrons. The highest BCUT2D eigenvalue weighted by molar-refractivity contribution is 6.31. The largest absolute Gasteiger partial charge is 0.507 e. The van der Waals surface area contributed by atoms with Gasteiger partial charge < -0.3 is 15.2 Å². The van der Waals surface area contributed by atoms with Crippen LogP contribution >= 0.6 is 11.6 Å². The summed E-state index contributed by atoms with van der Waals surface area (Å²) in [6.07, 6.45) is 2.87. The fraction of sp³-hybridized carbons (Fsp3) is 0.471. The maximum atomic E-state index is 12.3. The minimum Gasteiger partial charge on any atom is -0.507 e. The zero-order valence-electron chi connectivity index (χ0n) is 13.3. The van der Waals surface area contributed by atoms with Gasteiger partial charge in [0.15, 0.2) is 6.10 Å². The van der Waals surface area contributed by atoms with Crippen molar-refractivity contribution in [3.63, 3.8) is 0 Å². The quantitative estimate of drug-likeness (QED) is 0.813. The van der Waals surface area contributed by atoms with Gasteiger partial charge in [-0.05, 0) is 38.0 Å². The summed E-state index contributed by atoms with van der Waals surface area (Å²) in [5.41, 5.74) is -1.01. The summed E-state index contributed by atoms with van der Waals surface area (Å²) < 4.78 is 5.09. The van der Waals surface area contributed by atoms with E-state index in [0.717, 1.165) is 19.3 Å². The number of carbonyl (C=O) groups is 2. The number of benzene rings is 1. The number of halogens is 1. The summed E-state index contributed by atoms with van der Waals surface area (Å²) in [5, 5.41) is 22.0. The molecule has 0 bridgehead atoms. The Morgan fingerprint density at radius 3 is 2.67 bits per heavy atom. The Labute approximate surface area is 145 Å². The lowest BCUT2D eigenvalue weighted by atomic mass is 9.83. The monoisotopic (exact) mass is 350 g/mol. The van der Waals surface area contributed by atoms with Crippen LogP contribution in [0.25, 0.3) is 0 Å². The van der Waals surface area contributed by atoms with E-state index in [1.54, 1.807) is 0 Å². The SMILES string of the molecule is CC(OC(=O)c1cc(Cl)ccc1O)C(=O)NC1(C#N)CCCCC1. The molecule has 2 rings (SSSR count). The van der Waals surface area contributed by atoms with Gasteiger partial charge in [-0.25, -0.2) is 4.79 Å². The molecule has 1 saturated carbocycles. The van der Waals surface area contributed by atoms with Gasteiger partial charge in [0.2, 0.25) is 0 Å². The second-order valence-corrected chi connectivity index (χ2v) is 6.39. The number of esters is 1. The van der Waals surface area contributed by atoms with Crippen molar-refractivity contribution < 1.29 is 19.4 Å². The fourth-order valence-corrected chi connectivity index (χ4v) is 2.88. The van der Waals surface area contributed by atoms with E-state index in [-0.39, 0.29) is 16.3 Å². The van der Waals surface area contributed by atoms with Crippen LogP contribution in [-0.2, 0) is 9.53 Å². The molecule has 2 N–H and O–H groups in total. The Bertz CT molecular complexity index is 678. The van der Waals surface area contributed by atoms with Gasteiger partial charge in [0.1, 0.15) is 16.9 Å². The van der Waals surface area contributed by atoms with Gasteiger partial charge in [-0.1, -0.05) is 30.9 Å². The highest BCUT2D eigenvalue weighted by atomic mass is 35.5. The molecule has 0 spiro atoms. The predicted octanol–water partition coefficient (Wildman–Crippen LogP) is 2.93. The number of ether oxygens (including phenoxy) is 1. The maximum Gasteiger partial charge on any atom is 0.342 e. The van der Waals surface area contributed by atoms with Crippen molar-refractivity contribution in [2.24, 2.45) is 0 Å². The van der Waals surface area contributed by atoms with Gasteiger partial charge in [-0.2, -0.15) is 5.26 Å². The van der Waals surface area contributed by atoms with Gasteiger partial charge in [-0.15, -0.1) is 0 Å². The normalized spacial score (nSPS) is 17.4. The third-order valence-corrected chi connectivity index (χ3v) is 4.35. The standard InChI is InChI=1S/C17H19ClN2O4/c1-11(15(22)20-17(10-19)7-3-2-4-8-17)24-16(23)13-9-12(18)5-6-14(13)21/h5-6,9,11,21H,2-4,7-8H2,1H3,(H,20,22). The number of rotatable bonds is 4. The Kier molecular flexibility index (Phi) is 5.68. The van der Waals surface area contributed by atoms with Crippen molar-refractivity contribution in [2.45, 2.75) is 50.7 Å². The highest BCUT2D eigenvalue weighted by Crippen LogP contribution is 2.28. The molecule has 7 heteroatoms. The smallest absolute Gasteiger partial charge is 0.342 e. The molecule has 1 fully saturated rings. The number of phenolic OH excluding ortho intramolecular Hbond substituents is 1. The predicted molar refractivity (Wildman–Crippen MR) is 87.6 cm³/mol. The van der Waals surface area contributed by atoms with Crippen LogP contribution < -0.4 is 5.32 Å². The number of carbonyl (C=O) groups excluding carboxylic acids is 2. The molecule has 0 radical (unpaired) electrons. The van der Waals surface area contributed by atoms with E-state index in [4.69, 9.17) is 16.3 Å². The molecule has 24 heavy (non-hydrogen) atoms. The van der Waals surface area contributed by atoms with Crippen LogP contribution in [-0.4, -0.2) is 28.6 Å². The van der Waals surface area contributed by atoms with Crippen LogP contribution in [0.2, 0.25) is 5.02 Å². The van der Waals surface area contributed by atoms with E-state index >= 15 is 0 Å². The molecular weight excluding hydrogens is 332 g/mol. The minimum atomic E-state index is -1.09. The molecule has 1 aromatic carbocycles. The zero-order valence-corrected chi connectivity index (χ0v) is 14.1. The summed E-state index contributed by atoms with van der Waals surface area (Å²) >= 11 is 5.79. The first-order valence-corrected chi connectivity index (χ1v) is 8.17. The second-order valence-electron chi connectivity index (χ2n) is 5.95. The molecule has 1 amide bonds. The highest BCUT2D eigenvalue weighted by Gasteiger charge is 2.35. The van der Waals surface area contributed by atoms with Crippen molar-refractivity contribution in [1.29, 1.82) is 5.26 Å². The number of aromatic hydroxyl groups is 1. The summed E-state index contributed by atoms with van der Waals surface area (Å²) in [5.74, 6) is -1.67. The van der Waals surface area contributed by atoms with Gasteiger partial charge in [0.25, 0.3) is 5.91 Å². The zero-order chi connectivity index (χ0) is 17.7. The average molecular weight is 351 g/mol. The van der Waals surface area contributed by atoms with E-state index in [9.17, 15) is 20.0 Å². The number of nitrogens with zero attached hydrogens (tertiary/aromatic N) is 1. The molecule has 1 aromatic rings. The summed E-state index contributed by atoms with van der Waals surface area (Å²) in [6.45, 7) is 1.42. The fourth-order valence-electron chi connectivity index (χ4n) is 2.71. The Hall–Kier alpha value is -2.26. The van der Waals surface area contributed by atoms with E-state index in [0.29, 0.717) is 12.8 Å². The third kappa shape index (κ3) is 4.18. The lowest BCUT2D eigenvalue weighted by molar-refractivity contribution is -0.130. The lowest BCUT2D eigenvalue weighted by Crippen LogP contribution is -2.52. The average Bonchev–Trinajstić information content (AvgIpc) is 2.57. The van der Waals surface area contributed by atoms with E-state index in [1.807, 2.05) is 0 Å². The van der Waals surface area contributed by atoms with Crippen molar-refractivity contribution >= 4 is 23.5 Å². The van der Waals surface area contributed by atoms with Crippen LogP contribution in [0.15, 0.2) is 18.2 Å². The number of nitrogens with one attached hydrogen (secondary N) is 1. The third-order valence-electron chi connectivity index (χ3n) is 4.12. The maximum absolute atomic E-state index is 12.3. The number of nitriles is 1. The topological polar surface area (TPSA) is 99.4 Å². The Morgan fingerprint density at radius 1 is 1.38 bits per heavy atom. The summed E-state index contributed by atoms with van der Waals surface area (Å²) in [7, 11) is 0. The van der Waals surface area contributed by atoms with Crippen LogP contribution in [0.3, 0.4) is 0 Å². The van der Waals surface area contributed by atoms with Crippen molar-refractivity contribution in [3.8, 4) is 11.8 Å². The van der Waals surface area contributed by atoms with Crippen LogP contribution in [0.1, 0.15) is 49.4 Å². The summed E-state index contributed by atoms with van der Waals surface area (Å²) in [4.78, 5) is 24.4. The second kappa shape index (κ2) is 7.54. The molecule has 1 unspecified atom stereocenters. The Balaban J connectivity index is 2.02. The van der Waals surface area contributed by atoms with Crippen LogP contribution in [0.4, 0.5) is 0 Å². The molecule has 0 aromatic heterocycles. The first kappa shape index (κ1) is 18.1. The molecule has 0 saturated heterocycles. The number of amides is 1. The van der Waals surface area contributed by atoms with E-state index < -0.39 is 23.5 Å². The minimum absolute atomic E-state index is 0.116. The Morgan fingerprint density at radius 2 is 2.04 bits per heavy atom. The molecule has 0 aliphatic heterocycles. The van der Waals surface area contributed by atoms with Gasteiger partial charge in [0, 0.05) is 5.02 Å². The first-order valence-electron chi connectivity index (χ1n) is 7.80. The molecule has 1 atom stereocenters.